The van der Waals surface area contributed by atoms with Gasteiger partial charge in [0.25, 0.3) is 0 Å². The molecule has 0 amide bonds. The Labute approximate surface area is 280 Å². The Morgan fingerprint density at radius 2 is 1.28 bits per heavy atom. The van der Waals surface area contributed by atoms with Crippen molar-refractivity contribution in [3.8, 4) is 0 Å². The van der Waals surface area contributed by atoms with Gasteiger partial charge >= 0.3 is 19.8 Å². The summed E-state index contributed by atoms with van der Waals surface area (Å²) < 4.78 is 33.9. The van der Waals surface area contributed by atoms with Gasteiger partial charge in [0.15, 0.2) is 6.10 Å². The maximum absolute atomic E-state index is 12.6. The Hall–Kier alpha value is -2.03. The second-order valence-corrected chi connectivity index (χ2v) is 14.0. The van der Waals surface area contributed by atoms with E-state index >= 15 is 0 Å². The summed E-state index contributed by atoms with van der Waals surface area (Å²) in [4.78, 5) is 35.0. The van der Waals surface area contributed by atoms with Gasteiger partial charge in [-0.2, -0.15) is 0 Å². The normalized spacial score (nSPS) is 14.5. The predicted octanol–water partition coefficient (Wildman–Crippen LogP) is 8.79. The summed E-state index contributed by atoms with van der Waals surface area (Å²) in [6.45, 7) is 4.15. The van der Waals surface area contributed by atoms with Gasteiger partial charge in [-0.3, -0.25) is 18.6 Å². The van der Waals surface area contributed by atoms with Crippen molar-refractivity contribution in [3.63, 3.8) is 0 Å². The van der Waals surface area contributed by atoms with E-state index in [1.54, 1.807) is 0 Å². The highest BCUT2D eigenvalue weighted by molar-refractivity contribution is 7.47. The number of carbonyl (C=O) groups is 2. The van der Waals surface area contributed by atoms with E-state index in [0.29, 0.717) is 23.9 Å². The summed E-state index contributed by atoms with van der Waals surface area (Å²) in [5.74, 6) is -0.873. The first-order valence-corrected chi connectivity index (χ1v) is 18.9. The molecular weight excluding hydrogens is 605 g/mol. The molecule has 0 aromatic carbocycles. The van der Waals surface area contributed by atoms with Gasteiger partial charge in [0, 0.05) is 12.8 Å². The van der Waals surface area contributed by atoms with E-state index in [2.05, 4.69) is 44.2 Å². The van der Waals surface area contributed by atoms with E-state index in [0.717, 1.165) is 51.4 Å². The molecule has 0 rings (SSSR count). The molecule has 0 aliphatic carbocycles. The molecule has 1 N–H and O–H groups in total. The number of allylic oxidation sites excluding steroid dienone is 8. The summed E-state index contributed by atoms with van der Waals surface area (Å²) in [5.41, 5.74) is 0. The number of likely N-dealkylation sites (N-methyl/N-ethyl adjacent to an activating group) is 1. The molecule has 0 radical (unpaired) electrons. The molecule has 0 aromatic heterocycles. The second kappa shape index (κ2) is 29.1. The minimum atomic E-state index is -4.37. The summed E-state index contributed by atoms with van der Waals surface area (Å²) in [6, 6.07) is 0. The number of quaternary nitrogens is 1. The maximum Gasteiger partial charge on any atom is 0.472 e. The molecule has 0 aliphatic rings. The van der Waals surface area contributed by atoms with Crippen LogP contribution in [0, 0.1) is 0 Å². The van der Waals surface area contributed by atoms with Crippen molar-refractivity contribution in [2.45, 2.75) is 123 Å². The molecular formula is C36H65NO8P+. The van der Waals surface area contributed by atoms with Crippen LogP contribution in [0.4, 0.5) is 0 Å². The fourth-order valence-corrected chi connectivity index (χ4v) is 4.87. The van der Waals surface area contributed by atoms with Crippen molar-refractivity contribution in [1.82, 2.24) is 0 Å². The van der Waals surface area contributed by atoms with Gasteiger partial charge in [0.2, 0.25) is 0 Å². The van der Waals surface area contributed by atoms with Crippen LogP contribution >= 0.6 is 7.82 Å². The number of esters is 2. The molecule has 10 heteroatoms. The van der Waals surface area contributed by atoms with Crippen LogP contribution in [0.25, 0.3) is 0 Å². The van der Waals surface area contributed by atoms with E-state index in [1.807, 2.05) is 39.4 Å². The van der Waals surface area contributed by atoms with Crippen LogP contribution in [-0.4, -0.2) is 74.9 Å². The highest BCUT2D eigenvalue weighted by Crippen LogP contribution is 2.43. The number of carbonyl (C=O) groups excluding carboxylic acids is 2. The van der Waals surface area contributed by atoms with Gasteiger partial charge in [-0.1, -0.05) is 101 Å². The molecule has 9 nitrogen and oxygen atoms in total. The molecule has 0 saturated heterocycles. The molecule has 46 heavy (non-hydrogen) atoms. The van der Waals surface area contributed by atoms with E-state index in [4.69, 9.17) is 18.5 Å². The first-order valence-electron chi connectivity index (χ1n) is 17.4. The van der Waals surface area contributed by atoms with Gasteiger partial charge in [0.1, 0.15) is 19.8 Å². The van der Waals surface area contributed by atoms with Crippen LogP contribution in [0.15, 0.2) is 48.6 Å². The lowest BCUT2D eigenvalue weighted by atomic mass is 10.1. The second-order valence-electron chi connectivity index (χ2n) is 12.6. The topological polar surface area (TPSA) is 108 Å². The highest BCUT2D eigenvalue weighted by Gasteiger charge is 2.27. The van der Waals surface area contributed by atoms with Gasteiger partial charge < -0.3 is 18.9 Å². The zero-order valence-electron chi connectivity index (χ0n) is 29.5. The number of unbranched alkanes of at least 4 members (excludes halogenated alkanes) is 10. The van der Waals surface area contributed by atoms with Crippen LogP contribution in [0.3, 0.4) is 0 Å². The Balaban J connectivity index is 4.57. The molecule has 266 valence electrons. The zero-order chi connectivity index (χ0) is 34.4. The third-order valence-corrected chi connectivity index (χ3v) is 7.89. The molecule has 0 saturated carbocycles. The standard InChI is InChI=1S/C36H64NO8P/c1-6-8-10-12-14-16-17-18-19-21-23-25-27-29-36(39)45-34(33-44-46(40,41)43-31-30-37(3,4)5)32-42-35(38)28-26-24-22-20-15-13-11-9-7-2/h8,10,12,14,16-17,20,22,34H,6-7,9,11,13,15,18-19,21,23-33H2,1-5H3/p+1/b10-8+,14-12+,17-16+,22-20+. The molecule has 2 atom stereocenters. The average molecular weight is 671 g/mol. The van der Waals surface area contributed by atoms with Gasteiger partial charge in [-0.05, 0) is 51.4 Å². The average Bonchev–Trinajstić information content (AvgIpc) is 2.99. The molecule has 2 unspecified atom stereocenters. The maximum atomic E-state index is 12.6. The number of phosphoric acid groups is 1. The van der Waals surface area contributed by atoms with Gasteiger partial charge in [-0.15, -0.1) is 0 Å². The third-order valence-electron chi connectivity index (χ3n) is 6.90. The van der Waals surface area contributed by atoms with Crippen LogP contribution in [-0.2, 0) is 32.7 Å². The number of phosphoric ester groups is 1. The first kappa shape index (κ1) is 44.0. The largest absolute Gasteiger partial charge is 0.472 e. The fraction of sp³-hybridized carbons (Fsp3) is 0.722. The van der Waals surface area contributed by atoms with E-state index in [-0.39, 0.29) is 26.1 Å². The lowest BCUT2D eigenvalue weighted by molar-refractivity contribution is -0.870. The summed E-state index contributed by atoms with van der Waals surface area (Å²) in [5, 5.41) is 0. The van der Waals surface area contributed by atoms with Crippen molar-refractivity contribution >= 4 is 19.8 Å². The number of rotatable bonds is 30. The first-order chi connectivity index (χ1) is 22.0. The van der Waals surface area contributed by atoms with Crippen molar-refractivity contribution < 1.29 is 42.1 Å². The summed E-state index contributed by atoms with van der Waals surface area (Å²) in [6.07, 6.45) is 30.4. The Morgan fingerprint density at radius 1 is 0.696 bits per heavy atom. The van der Waals surface area contributed by atoms with Crippen molar-refractivity contribution in [2.75, 3.05) is 47.5 Å². The monoisotopic (exact) mass is 670 g/mol. The van der Waals surface area contributed by atoms with Crippen molar-refractivity contribution in [2.24, 2.45) is 0 Å². The smallest absolute Gasteiger partial charge is 0.462 e. The van der Waals surface area contributed by atoms with Crippen LogP contribution in [0.2, 0.25) is 0 Å². The predicted molar refractivity (Wildman–Crippen MR) is 187 cm³/mol. The Morgan fingerprint density at radius 3 is 1.96 bits per heavy atom. The lowest BCUT2D eigenvalue weighted by Crippen LogP contribution is -2.37. The number of hydrogen-bond donors (Lipinski definition) is 1. The van der Waals surface area contributed by atoms with Gasteiger partial charge in [0.05, 0.1) is 27.7 Å². The highest BCUT2D eigenvalue weighted by atomic mass is 31.2. The van der Waals surface area contributed by atoms with Crippen LogP contribution in [0.1, 0.15) is 117 Å². The number of ether oxygens (including phenoxy) is 2. The summed E-state index contributed by atoms with van der Waals surface area (Å²) in [7, 11) is 1.44. The SMILES string of the molecule is CC/C=C/C=C/C=C/CCCCCCCC(=O)OC(COC(=O)CCC/C=C/CCCCCC)COP(=O)(O)OCC[N+](C)(C)C. The minimum Gasteiger partial charge on any atom is -0.462 e. The molecule has 0 spiro atoms. The number of nitrogens with zero attached hydrogens (tertiary/aromatic N) is 1. The zero-order valence-corrected chi connectivity index (χ0v) is 30.4. The third kappa shape index (κ3) is 31.9. The molecule has 0 aromatic rings. The fourth-order valence-electron chi connectivity index (χ4n) is 4.13. The van der Waals surface area contributed by atoms with Gasteiger partial charge in [-0.25, -0.2) is 4.57 Å². The van der Waals surface area contributed by atoms with Crippen LogP contribution < -0.4 is 0 Å². The van der Waals surface area contributed by atoms with Crippen molar-refractivity contribution in [1.29, 1.82) is 0 Å². The van der Waals surface area contributed by atoms with E-state index < -0.39 is 32.5 Å². The molecule has 0 heterocycles. The molecule has 0 fully saturated rings. The lowest BCUT2D eigenvalue weighted by Gasteiger charge is -2.24. The van der Waals surface area contributed by atoms with E-state index in [9.17, 15) is 19.0 Å². The Kier molecular flexibility index (Phi) is 27.8. The van der Waals surface area contributed by atoms with Crippen LogP contribution in [0.5, 0.6) is 0 Å². The molecule has 0 aliphatic heterocycles. The quantitative estimate of drug-likeness (QED) is 0.0202. The Bertz CT molecular complexity index is 939. The molecule has 0 bridgehead atoms. The van der Waals surface area contributed by atoms with E-state index in [1.165, 1.54) is 25.7 Å². The van der Waals surface area contributed by atoms with Crippen molar-refractivity contribution in [3.05, 3.63) is 48.6 Å². The number of hydrogen-bond acceptors (Lipinski definition) is 7. The minimum absolute atomic E-state index is 0.0217. The summed E-state index contributed by atoms with van der Waals surface area (Å²) >= 11 is 0.